The molecule has 0 amide bonds. The molecule has 0 saturated carbocycles. The number of hydrogen-bond donors (Lipinski definition) is 2. The standard InChI is InChI=1S/C13H17NO4/c1-2-17-12-7-9(3-4-11(12)15)8-14-10-5-6-18-13(10)16/h3-4,7,10,14-15H,2,5-6,8H2,1H3. The van der Waals surface area contributed by atoms with Gasteiger partial charge in [0.15, 0.2) is 11.5 Å². The van der Waals surface area contributed by atoms with Crippen molar-refractivity contribution in [3.63, 3.8) is 0 Å². The Balaban J connectivity index is 1.96. The van der Waals surface area contributed by atoms with Gasteiger partial charge in [0.05, 0.1) is 13.2 Å². The number of benzene rings is 1. The maximum absolute atomic E-state index is 11.3. The van der Waals surface area contributed by atoms with Gasteiger partial charge in [-0.3, -0.25) is 4.79 Å². The van der Waals surface area contributed by atoms with E-state index < -0.39 is 0 Å². The van der Waals surface area contributed by atoms with Crippen molar-refractivity contribution < 1.29 is 19.4 Å². The van der Waals surface area contributed by atoms with E-state index in [-0.39, 0.29) is 17.8 Å². The first kappa shape index (κ1) is 12.7. The van der Waals surface area contributed by atoms with Gasteiger partial charge in [0, 0.05) is 13.0 Å². The molecule has 0 radical (unpaired) electrons. The fourth-order valence-corrected chi connectivity index (χ4v) is 1.86. The van der Waals surface area contributed by atoms with Crippen LogP contribution in [0, 0.1) is 0 Å². The lowest BCUT2D eigenvalue weighted by molar-refractivity contribution is -0.139. The Bertz CT molecular complexity index is 433. The van der Waals surface area contributed by atoms with E-state index in [1.165, 1.54) is 0 Å². The van der Waals surface area contributed by atoms with Gasteiger partial charge < -0.3 is 19.9 Å². The van der Waals surface area contributed by atoms with Gasteiger partial charge in [0.2, 0.25) is 0 Å². The molecule has 0 aromatic heterocycles. The highest BCUT2D eigenvalue weighted by molar-refractivity contribution is 5.77. The zero-order chi connectivity index (χ0) is 13.0. The summed E-state index contributed by atoms with van der Waals surface area (Å²) in [5.41, 5.74) is 0.955. The Morgan fingerprint density at radius 3 is 3.06 bits per heavy atom. The van der Waals surface area contributed by atoms with Crippen LogP contribution >= 0.6 is 0 Å². The van der Waals surface area contributed by atoms with Gasteiger partial charge in [-0.25, -0.2) is 0 Å². The minimum atomic E-state index is -0.227. The first-order chi connectivity index (χ1) is 8.70. The largest absolute Gasteiger partial charge is 0.504 e. The number of hydrogen-bond acceptors (Lipinski definition) is 5. The zero-order valence-corrected chi connectivity index (χ0v) is 10.3. The van der Waals surface area contributed by atoms with Crippen LogP contribution in [0.15, 0.2) is 18.2 Å². The topological polar surface area (TPSA) is 67.8 Å². The van der Waals surface area contributed by atoms with Crippen molar-refractivity contribution in [2.75, 3.05) is 13.2 Å². The van der Waals surface area contributed by atoms with E-state index in [1.807, 2.05) is 6.92 Å². The summed E-state index contributed by atoms with van der Waals surface area (Å²) >= 11 is 0. The number of cyclic esters (lactones) is 1. The lowest BCUT2D eigenvalue weighted by Gasteiger charge is -2.11. The molecule has 1 fully saturated rings. The Labute approximate surface area is 106 Å². The van der Waals surface area contributed by atoms with Gasteiger partial charge in [-0.15, -0.1) is 0 Å². The van der Waals surface area contributed by atoms with Crippen molar-refractivity contribution in [3.05, 3.63) is 23.8 Å². The summed E-state index contributed by atoms with van der Waals surface area (Å²) in [7, 11) is 0. The third-order valence-electron chi connectivity index (χ3n) is 2.81. The number of aromatic hydroxyl groups is 1. The second-order valence-electron chi connectivity index (χ2n) is 4.12. The molecule has 0 spiro atoms. The van der Waals surface area contributed by atoms with Crippen LogP contribution in [0.1, 0.15) is 18.9 Å². The van der Waals surface area contributed by atoms with Gasteiger partial charge in [-0.05, 0) is 24.6 Å². The second kappa shape index (κ2) is 5.73. The van der Waals surface area contributed by atoms with E-state index in [0.717, 1.165) is 5.56 Å². The summed E-state index contributed by atoms with van der Waals surface area (Å²) in [6, 6.07) is 4.93. The zero-order valence-electron chi connectivity index (χ0n) is 10.3. The summed E-state index contributed by atoms with van der Waals surface area (Å²) in [5.74, 6) is 0.394. The molecule has 18 heavy (non-hydrogen) atoms. The molecule has 1 atom stereocenters. The minimum absolute atomic E-state index is 0.126. The van der Waals surface area contributed by atoms with Crippen molar-refractivity contribution in [3.8, 4) is 11.5 Å². The fraction of sp³-hybridized carbons (Fsp3) is 0.462. The highest BCUT2D eigenvalue weighted by atomic mass is 16.5. The monoisotopic (exact) mass is 251 g/mol. The third-order valence-corrected chi connectivity index (χ3v) is 2.81. The van der Waals surface area contributed by atoms with Crippen molar-refractivity contribution in [1.82, 2.24) is 5.32 Å². The predicted octanol–water partition coefficient (Wildman–Crippen LogP) is 1.20. The molecule has 5 heteroatoms. The lowest BCUT2D eigenvalue weighted by Crippen LogP contribution is -2.32. The smallest absolute Gasteiger partial charge is 0.323 e. The van der Waals surface area contributed by atoms with Gasteiger partial charge in [0.25, 0.3) is 0 Å². The van der Waals surface area contributed by atoms with Gasteiger partial charge in [-0.2, -0.15) is 0 Å². The van der Waals surface area contributed by atoms with Crippen LogP contribution in [0.3, 0.4) is 0 Å². The molecule has 0 aliphatic carbocycles. The van der Waals surface area contributed by atoms with Crippen LogP contribution in [-0.4, -0.2) is 30.3 Å². The molecule has 2 N–H and O–H groups in total. The van der Waals surface area contributed by atoms with Crippen LogP contribution in [0.25, 0.3) is 0 Å². The first-order valence-corrected chi connectivity index (χ1v) is 6.05. The molecule has 98 valence electrons. The van der Waals surface area contributed by atoms with E-state index in [9.17, 15) is 9.90 Å². The second-order valence-corrected chi connectivity index (χ2v) is 4.12. The summed E-state index contributed by atoms with van der Waals surface area (Å²) in [6.07, 6.45) is 0.704. The van der Waals surface area contributed by atoms with Gasteiger partial charge in [0.1, 0.15) is 6.04 Å². The molecular weight excluding hydrogens is 234 g/mol. The molecule has 1 aromatic carbocycles. The Morgan fingerprint density at radius 1 is 1.56 bits per heavy atom. The Hall–Kier alpha value is -1.75. The van der Waals surface area contributed by atoms with Crippen LogP contribution in [0.2, 0.25) is 0 Å². The van der Waals surface area contributed by atoms with E-state index in [0.29, 0.717) is 31.9 Å². The van der Waals surface area contributed by atoms with E-state index in [2.05, 4.69) is 5.32 Å². The molecule has 1 unspecified atom stereocenters. The SMILES string of the molecule is CCOc1cc(CNC2CCOC2=O)ccc1O. The molecule has 1 heterocycles. The number of esters is 1. The third kappa shape index (κ3) is 2.92. The van der Waals surface area contributed by atoms with Crippen molar-refractivity contribution in [2.24, 2.45) is 0 Å². The number of rotatable bonds is 5. The average molecular weight is 251 g/mol. The van der Waals surface area contributed by atoms with E-state index >= 15 is 0 Å². The normalized spacial score (nSPS) is 18.7. The van der Waals surface area contributed by atoms with E-state index in [1.54, 1.807) is 18.2 Å². The Morgan fingerprint density at radius 2 is 2.39 bits per heavy atom. The summed E-state index contributed by atoms with van der Waals surface area (Å²) in [5, 5.41) is 12.7. The molecular formula is C13H17NO4. The van der Waals surface area contributed by atoms with Crippen LogP contribution in [-0.2, 0) is 16.1 Å². The minimum Gasteiger partial charge on any atom is -0.504 e. The number of carbonyl (C=O) groups excluding carboxylic acids is 1. The average Bonchev–Trinajstić information content (AvgIpc) is 2.76. The Kier molecular flexibility index (Phi) is 4.04. The fourth-order valence-electron chi connectivity index (χ4n) is 1.86. The number of phenols is 1. The molecule has 1 aliphatic heterocycles. The van der Waals surface area contributed by atoms with Gasteiger partial charge >= 0.3 is 5.97 Å². The molecule has 1 aromatic rings. The number of nitrogens with one attached hydrogen (secondary N) is 1. The highest BCUT2D eigenvalue weighted by Gasteiger charge is 2.25. The molecule has 1 aliphatic rings. The maximum atomic E-state index is 11.3. The first-order valence-electron chi connectivity index (χ1n) is 6.05. The molecule has 0 bridgehead atoms. The lowest BCUT2D eigenvalue weighted by atomic mass is 10.1. The van der Waals surface area contributed by atoms with Crippen molar-refractivity contribution in [2.45, 2.75) is 25.9 Å². The van der Waals surface area contributed by atoms with Gasteiger partial charge in [-0.1, -0.05) is 6.07 Å². The van der Waals surface area contributed by atoms with Crippen LogP contribution in [0.4, 0.5) is 0 Å². The molecule has 5 nitrogen and oxygen atoms in total. The number of phenolic OH excluding ortho intramolecular Hbond substituents is 1. The highest BCUT2D eigenvalue weighted by Crippen LogP contribution is 2.26. The maximum Gasteiger partial charge on any atom is 0.323 e. The van der Waals surface area contributed by atoms with Crippen molar-refractivity contribution in [1.29, 1.82) is 0 Å². The number of ether oxygens (including phenoxy) is 2. The summed E-state index contributed by atoms with van der Waals surface area (Å²) < 4.78 is 10.2. The number of carbonyl (C=O) groups is 1. The summed E-state index contributed by atoms with van der Waals surface area (Å²) in [6.45, 7) is 3.38. The summed E-state index contributed by atoms with van der Waals surface area (Å²) in [4.78, 5) is 11.3. The quantitative estimate of drug-likeness (QED) is 0.770. The van der Waals surface area contributed by atoms with Crippen LogP contribution in [0.5, 0.6) is 11.5 Å². The molecule has 1 saturated heterocycles. The van der Waals surface area contributed by atoms with Crippen molar-refractivity contribution >= 4 is 5.97 Å². The van der Waals surface area contributed by atoms with Crippen LogP contribution < -0.4 is 10.1 Å². The van der Waals surface area contributed by atoms with E-state index in [4.69, 9.17) is 9.47 Å². The molecule has 2 rings (SSSR count). The predicted molar refractivity (Wildman–Crippen MR) is 65.5 cm³/mol.